The number of aryl methyl sites for hydroxylation is 2. The molecule has 1 heterocycles. The average molecular weight is 404 g/mol. The topological polar surface area (TPSA) is 117 Å². The summed E-state index contributed by atoms with van der Waals surface area (Å²) in [5.41, 5.74) is 10.7. The largest absolute Gasteiger partial charge is 0.368 e. The van der Waals surface area contributed by atoms with Crippen LogP contribution in [0.2, 0.25) is 0 Å². The number of primary amides is 1. The number of carbonyl (C=O) groups excluding carboxylic acids is 3. The Balaban J connectivity index is 1.39. The Kier molecular flexibility index (Phi) is 5.52. The van der Waals surface area contributed by atoms with E-state index < -0.39 is 5.91 Å². The second-order valence-electron chi connectivity index (χ2n) is 7.58. The van der Waals surface area contributed by atoms with Gasteiger partial charge in [0.1, 0.15) is 0 Å². The zero-order chi connectivity index (χ0) is 21.1. The highest BCUT2D eigenvalue weighted by atomic mass is 16.2. The van der Waals surface area contributed by atoms with E-state index in [1.165, 1.54) is 24.1 Å². The third-order valence-electron chi connectivity index (χ3n) is 5.45. The molecule has 0 bridgehead atoms. The van der Waals surface area contributed by atoms with Crippen LogP contribution in [-0.2, 0) is 24.2 Å². The second kappa shape index (κ2) is 8.41. The van der Waals surface area contributed by atoms with Gasteiger partial charge in [-0.2, -0.15) is 0 Å². The SMILES string of the molecule is NC(=O)CNC(=O)c1ccc(CNC(=O)c2ccc3[nH]c4c(c3c2)CCCC4)cc1. The zero-order valence-corrected chi connectivity index (χ0v) is 16.6. The number of fused-ring (bicyclic) bond motifs is 3. The molecule has 4 rings (SSSR count). The lowest BCUT2D eigenvalue weighted by Gasteiger charge is -2.10. The van der Waals surface area contributed by atoms with Crippen LogP contribution in [0.15, 0.2) is 42.5 Å². The number of hydrogen-bond acceptors (Lipinski definition) is 3. The van der Waals surface area contributed by atoms with E-state index in [-0.39, 0.29) is 18.4 Å². The van der Waals surface area contributed by atoms with Crippen molar-refractivity contribution in [3.63, 3.8) is 0 Å². The highest BCUT2D eigenvalue weighted by Gasteiger charge is 2.17. The lowest BCUT2D eigenvalue weighted by molar-refractivity contribution is -0.117. The second-order valence-corrected chi connectivity index (χ2v) is 7.58. The minimum Gasteiger partial charge on any atom is -0.368 e. The summed E-state index contributed by atoms with van der Waals surface area (Å²) < 4.78 is 0. The first-order valence-electron chi connectivity index (χ1n) is 10.1. The maximum Gasteiger partial charge on any atom is 0.251 e. The number of amides is 3. The Morgan fingerprint density at radius 2 is 1.60 bits per heavy atom. The Hall–Kier alpha value is -3.61. The van der Waals surface area contributed by atoms with Gasteiger partial charge < -0.3 is 21.4 Å². The molecular formula is C23H24N4O3. The highest BCUT2D eigenvalue weighted by molar-refractivity contribution is 5.99. The molecule has 3 aromatic rings. The monoisotopic (exact) mass is 404 g/mol. The fourth-order valence-corrected chi connectivity index (χ4v) is 3.88. The summed E-state index contributed by atoms with van der Waals surface area (Å²) in [7, 11) is 0. The van der Waals surface area contributed by atoms with E-state index in [0.29, 0.717) is 17.7 Å². The van der Waals surface area contributed by atoms with Crippen LogP contribution in [0.5, 0.6) is 0 Å². The van der Waals surface area contributed by atoms with Gasteiger partial charge in [-0.05, 0) is 67.1 Å². The molecule has 2 aromatic carbocycles. The first kappa shape index (κ1) is 19.7. The summed E-state index contributed by atoms with van der Waals surface area (Å²) in [4.78, 5) is 38.8. The van der Waals surface area contributed by atoms with Crippen LogP contribution in [-0.4, -0.2) is 29.3 Å². The van der Waals surface area contributed by atoms with Gasteiger partial charge in [0, 0.05) is 34.3 Å². The van der Waals surface area contributed by atoms with Crippen molar-refractivity contribution < 1.29 is 14.4 Å². The van der Waals surface area contributed by atoms with Gasteiger partial charge in [0.25, 0.3) is 11.8 Å². The Bertz CT molecular complexity index is 1120. The van der Waals surface area contributed by atoms with Crippen molar-refractivity contribution in [2.45, 2.75) is 32.2 Å². The molecule has 0 fully saturated rings. The molecule has 0 radical (unpaired) electrons. The van der Waals surface area contributed by atoms with E-state index in [2.05, 4.69) is 15.6 Å². The molecule has 154 valence electrons. The molecule has 1 aromatic heterocycles. The lowest BCUT2D eigenvalue weighted by Crippen LogP contribution is -2.33. The molecule has 1 aliphatic rings. The third kappa shape index (κ3) is 4.20. The van der Waals surface area contributed by atoms with E-state index in [0.717, 1.165) is 29.3 Å². The fraction of sp³-hybridized carbons (Fsp3) is 0.261. The van der Waals surface area contributed by atoms with Gasteiger partial charge in [-0.3, -0.25) is 14.4 Å². The molecule has 0 atom stereocenters. The summed E-state index contributed by atoms with van der Waals surface area (Å²) in [5.74, 6) is -1.10. The molecule has 5 N–H and O–H groups in total. The number of nitrogens with one attached hydrogen (secondary N) is 3. The smallest absolute Gasteiger partial charge is 0.251 e. The predicted octanol–water partition coefficient (Wildman–Crippen LogP) is 2.19. The minimum atomic E-state index is -0.596. The van der Waals surface area contributed by atoms with Crippen LogP contribution in [0.4, 0.5) is 0 Å². The van der Waals surface area contributed by atoms with Crippen molar-refractivity contribution in [1.29, 1.82) is 0 Å². The molecular weight excluding hydrogens is 380 g/mol. The average Bonchev–Trinajstić information content (AvgIpc) is 3.14. The molecule has 0 unspecified atom stereocenters. The van der Waals surface area contributed by atoms with Crippen molar-refractivity contribution in [3.8, 4) is 0 Å². The van der Waals surface area contributed by atoms with Gasteiger partial charge in [0.15, 0.2) is 0 Å². The van der Waals surface area contributed by atoms with Crippen molar-refractivity contribution in [2.75, 3.05) is 6.54 Å². The number of rotatable bonds is 6. The van der Waals surface area contributed by atoms with E-state index in [1.54, 1.807) is 24.3 Å². The van der Waals surface area contributed by atoms with E-state index in [1.807, 2.05) is 18.2 Å². The molecule has 30 heavy (non-hydrogen) atoms. The van der Waals surface area contributed by atoms with Gasteiger partial charge in [-0.25, -0.2) is 0 Å². The van der Waals surface area contributed by atoms with Crippen molar-refractivity contribution in [3.05, 3.63) is 70.4 Å². The summed E-state index contributed by atoms with van der Waals surface area (Å²) in [5, 5.41) is 6.51. The Morgan fingerprint density at radius 1 is 0.900 bits per heavy atom. The number of benzene rings is 2. The van der Waals surface area contributed by atoms with E-state index in [4.69, 9.17) is 5.73 Å². The molecule has 0 aliphatic heterocycles. The molecule has 7 heteroatoms. The molecule has 1 aliphatic carbocycles. The van der Waals surface area contributed by atoms with Crippen LogP contribution < -0.4 is 16.4 Å². The fourth-order valence-electron chi connectivity index (χ4n) is 3.88. The summed E-state index contributed by atoms with van der Waals surface area (Å²) >= 11 is 0. The molecule has 7 nitrogen and oxygen atoms in total. The number of nitrogens with two attached hydrogens (primary N) is 1. The van der Waals surface area contributed by atoms with Crippen molar-refractivity contribution in [2.24, 2.45) is 5.73 Å². The summed E-state index contributed by atoms with van der Waals surface area (Å²) in [6.07, 6.45) is 4.52. The number of carbonyl (C=O) groups is 3. The molecule has 0 spiro atoms. The maximum atomic E-state index is 12.6. The molecule has 0 saturated heterocycles. The van der Waals surface area contributed by atoms with Crippen LogP contribution >= 0.6 is 0 Å². The Labute approximate surface area is 174 Å². The van der Waals surface area contributed by atoms with E-state index in [9.17, 15) is 14.4 Å². The van der Waals surface area contributed by atoms with Crippen molar-refractivity contribution in [1.82, 2.24) is 15.6 Å². The van der Waals surface area contributed by atoms with E-state index >= 15 is 0 Å². The normalized spacial score (nSPS) is 12.9. The maximum absolute atomic E-state index is 12.6. The van der Waals surface area contributed by atoms with Gasteiger partial charge in [0.05, 0.1) is 6.54 Å². The van der Waals surface area contributed by atoms with Crippen LogP contribution in [0.25, 0.3) is 10.9 Å². The van der Waals surface area contributed by atoms with Crippen molar-refractivity contribution >= 4 is 28.6 Å². The number of H-pyrrole nitrogens is 1. The van der Waals surface area contributed by atoms with Crippen LogP contribution in [0, 0.1) is 0 Å². The minimum absolute atomic E-state index is 0.133. The quantitative estimate of drug-likeness (QED) is 0.504. The first-order chi connectivity index (χ1) is 14.5. The van der Waals surface area contributed by atoms with Gasteiger partial charge >= 0.3 is 0 Å². The number of aromatic amines is 1. The number of aromatic nitrogens is 1. The van der Waals surface area contributed by atoms with Crippen LogP contribution in [0.3, 0.4) is 0 Å². The highest BCUT2D eigenvalue weighted by Crippen LogP contribution is 2.29. The predicted molar refractivity (Wildman–Crippen MR) is 114 cm³/mol. The lowest BCUT2D eigenvalue weighted by atomic mass is 9.95. The third-order valence-corrected chi connectivity index (χ3v) is 5.45. The molecule has 0 saturated carbocycles. The summed E-state index contributed by atoms with van der Waals surface area (Å²) in [6, 6.07) is 12.6. The zero-order valence-electron chi connectivity index (χ0n) is 16.6. The molecule has 3 amide bonds. The Morgan fingerprint density at radius 3 is 2.37 bits per heavy atom. The standard InChI is InChI=1S/C23H24N4O3/c24-21(28)13-26-22(29)15-7-5-14(6-8-15)12-25-23(30)16-9-10-20-18(11-16)17-3-1-2-4-19(17)27-20/h5-11,27H,1-4,12-13H2,(H2,24,28)(H,25,30)(H,26,29). The van der Waals surface area contributed by atoms with Crippen LogP contribution in [0.1, 0.15) is 50.4 Å². The van der Waals surface area contributed by atoms with Gasteiger partial charge in [0.2, 0.25) is 5.91 Å². The number of hydrogen-bond donors (Lipinski definition) is 4. The first-order valence-corrected chi connectivity index (χ1v) is 10.1. The van der Waals surface area contributed by atoms with Gasteiger partial charge in [-0.1, -0.05) is 12.1 Å². The van der Waals surface area contributed by atoms with Gasteiger partial charge in [-0.15, -0.1) is 0 Å². The summed E-state index contributed by atoms with van der Waals surface area (Å²) in [6.45, 7) is 0.149.